The van der Waals surface area contributed by atoms with Gasteiger partial charge in [-0.2, -0.15) is 5.10 Å². The van der Waals surface area contributed by atoms with E-state index in [0.29, 0.717) is 11.6 Å². The van der Waals surface area contributed by atoms with Crippen molar-refractivity contribution in [3.8, 4) is 5.75 Å². The molecule has 0 bridgehead atoms. The molecule has 0 atom stereocenters. The molecule has 0 aliphatic carbocycles. The smallest absolute Gasteiger partial charge is 0.252 e. The molecule has 0 unspecified atom stereocenters. The summed E-state index contributed by atoms with van der Waals surface area (Å²) in [6.45, 7) is 11.1. The minimum absolute atomic E-state index is 0.207. The summed E-state index contributed by atoms with van der Waals surface area (Å²) >= 11 is 0. The van der Waals surface area contributed by atoms with Gasteiger partial charge in [-0.05, 0) is 51.5 Å². The molecule has 7 nitrogen and oxygen atoms in total. The van der Waals surface area contributed by atoms with Crippen LogP contribution < -0.4 is 20.6 Å². The predicted molar refractivity (Wildman–Crippen MR) is 104 cm³/mol. The Morgan fingerprint density at radius 1 is 1.31 bits per heavy atom. The third-order valence-electron chi connectivity index (χ3n) is 4.34. The number of ether oxygens (including phenoxy) is 1. The summed E-state index contributed by atoms with van der Waals surface area (Å²) in [5, 5.41) is 4.35. The van der Waals surface area contributed by atoms with E-state index < -0.39 is 0 Å². The highest BCUT2D eigenvalue weighted by molar-refractivity contribution is 5.99. The fourth-order valence-corrected chi connectivity index (χ4v) is 2.74. The van der Waals surface area contributed by atoms with Crippen LogP contribution in [0.1, 0.15) is 37.6 Å². The summed E-state index contributed by atoms with van der Waals surface area (Å²) < 4.78 is 5.51. The maximum atomic E-state index is 11.5. The molecule has 26 heavy (non-hydrogen) atoms. The Labute approximate surface area is 154 Å². The van der Waals surface area contributed by atoms with Gasteiger partial charge in [0.25, 0.3) is 5.56 Å². The number of nitrogens with one attached hydrogen (secondary N) is 3. The van der Waals surface area contributed by atoms with Crippen LogP contribution in [-0.4, -0.2) is 35.9 Å². The van der Waals surface area contributed by atoms with Gasteiger partial charge < -0.3 is 9.64 Å². The summed E-state index contributed by atoms with van der Waals surface area (Å²) in [5.41, 5.74) is 6.20. The summed E-state index contributed by atoms with van der Waals surface area (Å²) in [4.78, 5) is 19.8. The van der Waals surface area contributed by atoms with Crippen molar-refractivity contribution in [1.29, 1.82) is 0 Å². The molecule has 1 aromatic carbocycles. The molecule has 0 spiro atoms. The van der Waals surface area contributed by atoms with E-state index in [0.717, 1.165) is 42.2 Å². The van der Waals surface area contributed by atoms with Crippen molar-refractivity contribution < 1.29 is 9.64 Å². The topological polar surface area (TPSA) is 83.8 Å². The molecule has 0 aliphatic rings. The second-order valence-corrected chi connectivity index (χ2v) is 6.20. The van der Waals surface area contributed by atoms with Gasteiger partial charge in [-0.15, -0.1) is 0 Å². The fraction of sp³-hybridized carbons (Fsp3) is 0.421. The first-order chi connectivity index (χ1) is 12.5. The van der Waals surface area contributed by atoms with Crippen LogP contribution in [0, 0.1) is 6.92 Å². The number of hydrogen-bond donors (Lipinski definition) is 3. The quantitative estimate of drug-likeness (QED) is 0.491. The number of hydrazone groups is 1. The number of aromatic nitrogens is 2. The van der Waals surface area contributed by atoms with Gasteiger partial charge in [0, 0.05) is 17.3 Å². The van der Waals surface area contributed by atoms with Crippen molar-refractivity contribution in [1.82, 2.24) is 9.97 Å². The first-order valence-corrected chi connectivity index (χ1v) is 8.85. The van der Waals surface area contributed by atoms with Crippen molar-refractivity contribution in [2.24, 2.45) is 5.10 Å². The van der Waals surface area contributed by atoms with Crippen LogP contribution in [0.5, 0.6) is 5.75 Å². The number of H-pyrrole nitrogens is 1. The van der Waals surface area contributed by atoms with E-state index in [1.807, 2.05) is 19.1 Å². The van der Waals surface area contributed by atoms with E-state index in [1.165, 1.54) is 11.0 Å². The van der Waals surface area contributed by atoms with E-state index in [-0.39, 0.29) is 5.56 Å². The second kappa shape index (κ2) is 9.15. The Balaban J connectivity index is 2.24. The van der Waals surface area contributed by atoms with E-state index in [4.69, 9.17) is 4.74 Å². The molecule has 0 amide bonds. The number of quaternary nitrogens is 1. The number of nitrogens with zero attached hydrogens (tertiary/aromatic N) is 2. The van der Waals surface area contributed by atoms with Crippen LogP contribution >= 0.6 is 0 Å². The van der Waals surface area contributed by atoms with Crippen LogP contribution in [-0.2, 0) is 6.54 Å². The molecule has 1 aromatic heterocycles. The van der Waals surface area contributed by atoms with Crippen molar-refractivity contribution in [2.45, 2.75) is 34.2 Å². The Morgan fingerprint density at radius 2 is 2.04 bits per heavy atom. The van der Waals surface area contributed by atoms with Crippen LogP contribution in [0.25, 0.3) is 0 Å². The van der Waals surface area contributed by atoms with Crippen LogP contribution in [0.2, 0.25) is 0 Å². The third-order valence-corrected chi connectivity index (χ3v) is 4.34. The van der Waals surface area contributed by atoms with Gasteiger partial charge in [0.05, 0.1) is 25.9 Å². The molecule has 0 fully saturated rings. The molecule has 7 heteroatoms. The lowest BCUT2D eigenvalue weighted by atomic mass is 10.1. The first kappa shape index (κ1) is 19.7. The van der Waals surface area contributed by atoms with Gasteiger partial charge in [0.1, 0.15) is 12.3 Å². The molecule has 140 valence electrons. The maximum Gasteiger partial charge on any atom is 0.252 e. The number of aromatic amines is 1. The number of aryl methyl sites for hydroxylation is 1. The fourth-order valence-electron chi connectivity index (χ4n) is 2.74. The zero-order valence-corrected chi connectivity index (χ0v) is 16.1. The zero-order chi connectivity index (χ0) is 19.1. The normalized spacial score (nSPS) is 11.7. The van der Waals surface area contributed by atoms with Gasteiger partial charge >= 0.3 is 0 Å². The maximum absolute atomic E-state index is 11.5. The van der Waals surface area contributed by atoms with Gasteiger partial charge in [-0.1, -0.05) is 0 Å². The van der Waals surface area contributed by atoms with Crippen molar-refractivity contribution in [3.63, 3.8) is 0 Å². The highest BCUT2D eigenvalue weighted by Crippen LogP contribution is 2.19. The molecule has 2 rings (SSSR count). The van der Waals surface area contributed by atoms with Gasteiger partial charge in [-0.25, -0.2) is 10.4 Å². The van der Waals surface area contributed by atoms with Crippen molar-refractivity contribution >= 4 is 11.7 Å². The Bertz CT molecular complexity index is 825. The molecule has 0 radical (unpaired) electrons. The highest BCUT2D eigenvalue weighted by atomic mass is 16.5. The number of benzene rings is 1. The number of hydrogen-bond acceptors (Lipinski definition) is 5. The molecule has 0 saturated carbocycles. The number of rotatable bonds is 8. The van der Waals surface area contributed by atoms with Crippen molar-refractivity contribution in [2.75, 3.05) is 25.6 Å². The standard InChI is InChI=1S/C19H27N5O2/c1-6-24(7-2)12-16-11-15(8-9-17(16)26-5)14(4)22-23-19-20-13(3)10-18(25)21-19/h8-11H,6-7,12H2,1-5H3,(H2,20,21,23,25)/p+1/b22-14-. The first-order valence-electron chi connectivity index (χ1n) is 8.85. The van der Waals surface area contributed by atoms with Gasteiger partial charge in [0.2, 0.25) is 5.95 Å². The minimum Gasteiger partial charge on any atom is -0.496 e. The lowest BCUT2D eigenvalue weighted by Gasteiger charge is -2.18. The monoisotopic (exact) mass is 358 g/mol. The largest absolute Gasteiger partial charge is 0.496 e. The molecule has 2 aromatic rings. The number of anilines is 1. The summed E-state index contributed by atoms with van der Waals surface area (Å²) in [6.07, 6.45) is 0. The lowest BCUT2D eigenvalue weighted by molar-refractivity contribution is -0.910. The molecular formula is C19H28N5O2+. The summed E-state index contributed by atoms with van der Waals surface area (Å²) in [6, 6.07) is 7.50. The van der Waals surface area contributed by atoms with E-state index in [1.54, 1.807) is 14.0 Å². The second-order valence-electron chi connectivity index (χ2n) is 6.20. The Morgan fingerprint density at radius 3 is 2.65 bits per heavy atom. The molecule has 0 saturated heterocycles. The Hall–Kier alpha value is -2.67. The predicted octanol–water partition coefficient (Wildman–Crippen LogP) is 1.35. The molecule has 0 aliphatic heterocycles. The van der Waals surface area contributed by atoms with E-state index in [9.17, 15) is 4.79 Å². The van der Waals surface area contributed by atoms with Crippen LogP contribution in [0.3, 0.4) is 0 Å². The average Bonchev–Trinajstić information content (AvgIpc) is 2.63. The van der Waals surface area contributed by atoms with Gasteiger partial charge in [0.15, 0.2) is 0 Å². The summed E-state index contributed by atoms with van der Waals surface area (Å²) in [5.74, 6) is 1.22. The third kappa shape index (κ3) is 5.16. The zero-order valence-electron chi connectivity index (χ0n) is 16.1. The van der Waals surface area contributed by atoms with Crippen molar-refractivity contribution in [3.05, 3.63) is 51.4 Å². The molecule has 3 N–H and O–H groups in total. The summed E-state index contributed by atoms with van der Waals surface area (Å²) in [7, 11) is 1.69. The highest BCUT2D eigenvalue weighted by Gasteiger charge is 2.12. The minimum atomic E-state index is -0.207. The van der Waals surface area contributed by atoms with Gasteiger partial charge in [-0.3, -0.25) is 9.78 Å². The average molecular weight is 358 g/mol. The van der Waals surface area contributed by atoms with E-state index in [2.05, 4.69) is 40.4 Å². The number of methoxy groups -OCH3 is 1. The Kier molecular flexibility index (Phi) is 6.91. The lowest BCUT2D eigenvalue weighted by Crippen LogP contribution is -3.10. The van der Waals surface area contributed by atoms with Crippen LogP contribution in [0.4, 0.5) is 5.95 Å². The molecule has 1 heterocycles. The molecular weight excluding hydrogens is 330 g/mol. The van der Waals surface area contributed by atoms with Crippen LogP contribution in [0.15, 0.2) is 34.2 Å². The SMILES string of the molecule is CC[NH+](CC)Cc1cc(/C(C)=N\Nc2nc(C)cc(=O)[nH]2)ccc1OC. The van der Waals surface area contributed by atoms with E-state index >= 15 is 0 Å².